The number of carbonyl (C=O) groups excluding carboxylic acids is 1. The fourth-order valence-corrected chi connectivity index (χ4v) is 2.55. The van der Waals surface area contributed by atoms with E-state index >= 15 is 0 Å². The summed E-state index contributed by atoms with van der Waals surface area (Å²) in [4.78, 5) is 12.2. The highest BCUT2D eigenvalue weighted by Crippen LogP contribution is 2.26. The van der Waals surface area contributed by atoms with E-state index in [-0.39, 0.29) is 18.4 Å². The van der Waals surface area contributed by atoms with Gasteiger partial charge in [-0.25, -0.2) is 0 Å². The van der Waals surface area contributed by atoms with Gasteiger partial charge in [-0.3, -0.25) is 4.79 Å². The van der Waals surface area contributed by atoms with Crippen LogP contribution in [0, 0.1) is 0 Å². The van der Waals surface area contributed by atoms with Gasteiger partial charge >= 0.3 is 5.97 Å². The van der Waals surface area contributed by atoms with Gasteiger partial charge in [-0.15, -0.1) is 11.3 Å². The number of hydrogen-bond acceptors (Lipinski definition) is 5. The molecule has 1 heterocycles. The number of carbonyl (C=O) groups is 1. The molecule has 18 heavy (non-hydrogen) atoms. The van der Waals surface area contributed by atoms with Crippen LogP contribution in [-0.2, 0) is 9.53 Å². The summed E-state index contributed by atoms with van der Waals surface area (Å²) in [7, 11) is 0. The maximum absolute atomic E-state index is 11.1. The monoisotopic (exact) mass is 291 g/mol. The summed E-state index contributed by atoms with van der Waals surface area (Å²) >= 11 is 7.35. The highest BCUT2D eigenvalue weighted by molar-refractivity contribution is 7.16. The molecular weight excluding hydrogens is 274 g/mol. The van der Waals surface area contributed by atoms with E-state index in [1.807, 2.05) is 19.1 Å². The molecule has 4 nitrogen and oxygen atoms in total. The summed E-state index contributed by atoms with van der Waals surface area (Å²) in [6.45, 7) is 4.41. The minimum absolute atomic E-state index is 0.0127. The van der Waals surface area contributed by atoms with Crippen LogP contribution < -0.4 is 5.32 Å². The summed E-state index contributed by atoms with van der Waals surface area (Å²) in [5.74, 6) is -0.376. The number of aliphatic hydroxyl groups excluding tert-OH is 1. The molecule has 0 aliphatic heterocycles. The van der Waals surface area contributed by atoms with Gasteiger partial charge in [-0.05, 0) is 26.0 Å². The quantitative estimate of drug-likeness (QED) is 0.757. The maximum atomic E-state index is 11.1. The predicted molar refractivity (Wildman–Crippen MR) is 73.0 cm³/mol. The lowest BCUT2D eigenvalue weighted by atomic mass is 10.2. The van der Waals surface area contributed by atoms with Gasteiger partial charge in [0.2, 0.25) is 0 Å². The largest absolute Gasteiger partial charge is 0.466 e. The first-order valence-corrected chi connectivity index (χ1v) is 7.04. The minimum atomic E-state index is -0.734. The number of ether oxygens (including phenoxy) is 1. The lowest BCUT2D eigenvalue weighted by Crippen LogP contribution is -2.30. The molecule has 0 fully saturated rings. The molecule has 102 valence electrons. The molecule has 0 aromatic carbocycles. The normalized spacial score (nSPS) is 14.2. The number of esters is 1. The third kappa shape index (κ3) is 5.35. The third-order valence-corrected chi connectivity index (χ3v) is 3.80. The van der Waals surface area contributed by atoms with Crippen LogP contribution in [0.3, 0.4) is 0 Å². The fourth-order valence-electron chi connectivity index (χ4n) is 1.46. The van der Waals surface area contributed by atoms with E-state index in [2.05, 4.69) is 5.32 Å². The fraction of sp³-hybridized carbons (Fsp3) is 0.583. The minimum Gasteiger partial charge on any atom is -0.466 e. The second-order valence-electron chi connectivity index (χ2n) is 3.93. The Morgan fingerprint density at radius 1 is 1.61 bits per heavy atom. The van der Waals surface area contributed by atoms with Crippen molar-refractivity contribution in [1.82, 2.24) is 5.32 Å². The summed E-state index contributed by atoms with van der Waals surface area (Å²) < 4.78 is 5.51. The molecule has 6 heteroatoms. The molecule has 1 aromatic rings. The van der Waals surface area contributed by atoms with Gasteiger partial charge in [0.25, 0.3) is 0 Å². The summed E-state index contributed by atoms with van der Waals surface area (Å²) in [6, 6.07) is 3.89. The Kier molecular flexibility index (Phi) is 6.63. The van der Waals surface area contributed by atoms with Crippen molar-refractivity contribution in [3.63, 3.8) is 0 Å². The zero-order valence-electron chi connectivity index (χ0n) is 10.5. The summed E-state index contributed by atoms with van der Waals surface area (Å²) in [6.07, 6.45) is -0.722. The van der Waals surface area contributed by atoms with E-state index in [0.29, 0.717) is 13.2 Å². The zero-order valence-corrected chi connectivity index (χ0v) is 12.1. The topological polar surface area (TPSA) is 58.6 Å². The van der Waals surface area contributed by atoms with Crippen molar-refractivity contribution in [2.24, 2.45) is 0 Å². The number of rotatable bonds is 7. The Morgan fingerprint density at radius 2 is 2.33 bits per heavy atom. The first-order valence-electron chi connectivity index (χ1n) is 5.85. The Morgan fingerprint density at radius 3 is 2.89 bits per heavy atom. The third-order valence-electron chi connectivity index (χ3n) is 2.39. The van der Waals surface area contributed by atoms with Gasteiger partial charge in [-0.1, -0.05) is 11.6 Å². The smallest absolute Gasteiger partial charge is 0.308 e. The molecule has 2 atom stereocenters. The van der Waals surface area contributed by atoms with Crippen LogP contribution in [0.2, 0.25) is 4.34 Å². The molecular formula is C12H18ClNO3S. The standard InChI is InChI=1S/C12H18ClNO3S/c1-3-17-12(16)6-9(15)7-14-8(2)10-4-5-11(13)18-10/h4-5,8-9,14-15H,3,6-7H2,1-2H3. The van der Waals surface area contributed by atoms with E-state index in [0.717, 1.165) is 9.21 Å². The molecule has 2 unspecified atom stereocenters. The Balaban J connectivity index is 2.29. The van der Waals surface area contributed by atoms with Gasteiger partial charge in [0, 0.05) is 17.5 Å². The van der Waals surface area contributed by atoms with Crippen LogP contribution in [-0.4, -0.2) is 30.3 Å². The molecule has 0 bridgehead atoms. The number of halogens is 1. The number of nitrogens with one attached hydrogen (secondary N) is 1. The average molecular weight is 292 g/mol. The van der Waals surface area contributed by atoms with Gasteiger partial charge in [0.05, 0.1) is 23.5 Å². The van der Waals surface area contributed by atoms with E-state index < -0.39 is 6.10 Å². The summed E-state index contributed by atoms with van der Waals surface area (Å²) in [5, 5.41) is 12.8. The van der Waals surface area contributed by atoms with Crippen molar-refractivity contribution in [3.8, 4) is 0 Å². The Hall–Kier alpha value is -0.620. The lowest BCUT2D eigenvalue weighted by molar-refractivity contribution is -0.145. The first-order chi connectivity index (χ1) is 8.52. The first kappa shape index (κ1) is 15.4. The second-order valence-corrected chi connectivity index (χ2v) is 5.68. The molecule has 0 saturated heterocycles. The molecule has 0 spiro atoms. The highest BCUT2D eigenvalue weighted by Gasteiger charge is 2.14. The Bertz CT molecular complexity index is 383. The van der Waals surface area contributed by atoms with Crippen molar-refractivity contribution < 1.29 is 14.6 Å². The van der Waals surface area contributed by atoms with Gasteiger partial charge in [0.1, 0.15) is 0 Å². The molecule has 1 aromatic heterocycles. The lowest BCUT2D eigenvalue weighted by Gasteiger charge is -2.15. The van der Waals surface area contributed by atoms with E-state index in [1.54, 1.807) is 6.92 Å². The van der Waals surface area contributed by atoms with Crippen LogP contribution in [0.25, 0.3) is 0 Å². The molecule has 0 aliphatic rings. The van der Waals surface area contributed by atoms with Crippen molar-refractivity contribution >= 4 is 28.9 Å². The number of hydrogen-bond donors (Lipinski definition) is 2. The zero-order chi connectivity index (χ0) is 13.5. The summed E-state index contributed by atoms with van der Waals surface area (Å²) in [5.41, 5.74) is 0. The molecule has 0 aliphatic carbocycles. The molecule has 0 saturated carbocycles. The molecule has 2 N–H and O–H groups in total. The number of aliphatic hydroxyl groups is 1. The van der Waals surface area contributed by atoms with Crippen molar-refractivity contribution in [2.45, 2.75) is 32.4 Å². The van der Waals surface area contributed by atoms with Crippen LogP contribution >= 0.6 is 22.9 Å². The Labute approximate surface area is 116 Å². The van der Waals surface area contributed by atoms with Gasteiger partial charge in [0.15, 0.2) is 0 Å². The van der Waals surface area contributed by atoms with Crippen LogP contribution in [0.15, 0.2) is 12.1 Å². The van der Waals surface area contributed by atoms with Crippen LogP contribution in [0.1, 0.15) is 31.2 Å². The van der Waals surface area contributed by atoms with Crippen molar-refractivity contribution in [1.29, 1.82) is 0 Å². The second kappa shape index (κ2) is 7.74. The van der Waals surface area contributed by atoms with E-state index in [1.165, 1.54) is 11.3 Å². The average Bonchev–Trinajstić information content (AvgIpc) is 2.73. The number of thiophene rings is 1. The molecule has 0 radical (unpaired) electrons. The van der Waals surface area contributed by atoms with Crippen molar-refractivity contribution in [3.05, 3.63) is 21.3 Å². The van der Waals surface area contributed by atoms with Gasteiger partial charge in [-0.2, -0.15) is 0 Å². The van der Waals surface area contributed by atoms with Crippen LogP contribution in [0.4, 0.5) is 0 Å². The maximum Gasteiger partial charge on any atom is 0.308 e. The highest BCUT2D eigenvalue weighted by atomic mass is 35.5. The SMILES string of the molecule is CCOC(=O)CC(O)CNC(C)c1ccc(Cl)s1. The predicted octanol–water partition coefficient (Wildman–Crippen LogP) is 2.37. The van der Waals surface area contributed by atoms with Crippen molar-refractivity contribution in [2.75, 3.05) is 13.2 Å². The van der Waals surface area contributed by atoms with Crippen LogP contribution in [0.5, 0.6) is 0 Å². The van der Waals surface area contributed by atoms with E-state index in [4.69, 9.17) is 16.3 Å². The van der Waals surface area contributed by atoms with E-state index in [9.17, 15) is 9.90 Å². The molecule has 0 amide bonds. The van der Waals surface area contributed by atoms with Gasteiger partial charge < -0.3 is 15.2 Å². The molecule has 1 rings (SSSR count).